The molecule has 0 amide bonds. The largest absolute Gasteiger partial charge is 0.338 e. The van der Waals surface area contributed by atoms with Gasteiger partial charge in [-0.15, -0.1) is 0 Å². The first-order valence-electron chi connectivity index (χ1n) is 12.9. The summed E-state index contributed by atoms with van der Waals surface area (Å²) in [5.41, 5.74) is 1.31. The summed E-state index contributed by atoms with van der Waals surface area (Å²) < 4.78 is 35.3. The van der Waals surface area contributed by atoms with Gasteiger partial charge in [-0.3, -0.25) is 0 Å². The Hall–Kier alpha value is -1.73. The fourth-order valence-electron chi connectivity index (χ4n) is 7.64. The molecule has 5 fully saturated rings. The van der Waals surface area contributed by atoms with E-state index in [1.165, 1.54) is 24.8 Å². The monoisotopic (exact) mass is 469 g/mol. The van der Waals surface area contributed by atoms with Crippen molar-refractivity contribution in [2.24, 2.45) is 17.8 Å². The van der Waals surface area contributed by atoms with Crippen molar-refractivity contribution in [3.05, 3.63) is 47.6 Å². The second kappa shape index (κ2) is 8.49. The summed E-state index contributed by atoms with van der Waals surface area (Å²) in [5, 5.41) is 4.22. The van der Waals surface area contributed by atoms with Crippen LogP contribution in [-0.2, 0) is 22.9 Å². The average molecular weight is 470 g/mol. The number of hydrogen-bond donors (Lipinski definition) is 0. The summed E-state index contributed by atoms with van der Waals surface area (Å²) in [6.07, 6.45) is 11.7. The maximum atomic E-state index is 14.2. The minimum atomic E-state index is -3.42. The van der Waals surface area contributed by atoms with E-state index in [1.54, 1.807) is 4.31 Å². The van der Waals surface area contributed by atoms with Crippen LogP contribution in [0.25, 0.3) is 0 Å². The Bertz CT molecular complexity index is 1050. The van der Waals surface area contributed by atoms with E-state index < -0.39 is 14.8 Å². The van der Waals surface area contributed by atoms with Crippen LogP contribution in [0.15, 0.2) is 34.9 Å². The molecule has 6 nitrogen and oxygen atoms in total. The molecule has 33 heavy (non-hydrogen) atoms. The highest BCUT2D eigenvalue weighted by Crippen LogP contribution is 2.59. The predicted octanol–water partition coefficient (Wildman–Crippen LogP) is 5.07. The molecule has 1 atom stereocenters. The van der Waals surface area contributed by atoms with Crippen LogP contribution in [0.1, 0.15) is 87.5 Å². The molecular weight excluding hydrogens is 434 g/mol. The fourth-order valence-corrected chi connectivity index (χ4v) is 10.4. The molecule has 2 heterocycles. The number of rotatable bonds is 7. The van der Waals surface area contributed by atoms with Crippen LogP contribution in [0.5, 0.6) is 0 Å². The quantitative estimate of drug-likeness (QED) is 0.566. The van der Waals surface area contributed by atoms with E-state index in [1.807, 2.05) is 6.07 Å². The highest BCUT2D eigenvalue weighted by molar-refractivity contribution is 7.90. The van der Waals surface area contributed by atoms with Crippen molar-refractivity contribution < 1.29 is 12.9 Å². The summed E-state index contributed by atoms with van der Waals surface area (Å²) in [4.78, 5) is 4.69. The maximum Gasteiger partial charge on any atom is 0.245 e. The topological polar surface area (TPSA) is 76.3 Å². The molecule has 5 aliphatic rings. The lowest BCUT2D eigenvalue weighted by molar-refractivity contribution is 0.0293. The third-order valence-electron chi connectivity index (χ3n) is 8.77. The van der Waals surface area contributed by atoms with Gasteiger partial charge in [0.25, 0.3) is 0 Å². The number of aryl methyl sites for hydroxylation is 2. The van der Waals surface area contributed by atoms with Crippen LogP contribution < -0.4 is 0 Å². The van der Waals surface area contributed by atoms with Crippen molar-refractivity contribution in [1.82, 2.24) is 14.4 Å². The Morgan fingerprint density at radius 3 is 2.36 bits per heavy atom. The van der Waals surface area contributed by atoms with Gasteiger partial charge in [0.2, 0.25) is 15.9 Å². The van der Waals surface area contributed by atoms with Gasteiger partial charge in [0.1, 0.15) is 6.04 Å². The van der Waals surface area contributed by atoms with Gasteiger partial charge in [0.05, 0.1) is 4.75 Å². The lowest BCUT2D eigenvalue weighted by atomic mass is 9.56. The Morgan fingerprint density at radius 1 is 0.970 bits per heavy atom. The molecule has 4 bridgehead atoms. The van der Waals surface area contributed by atoms with Crippen LogP contribution in [0.4, 0.5) is 0 Å². The minimum Gasteiger partial charge on any atom is -0.338 e. The molecule has 1 saturated heterocycles. The number of sulfonamides is 1. The Labute approximate surface area is 197 Å². The summed E-state index contributed by atoms with van der Waals surface area (Å²) >= 11 is 0. The molecule has 0 unspecified atom stereocenters. The molecule has 4 aliphatic carbocycles. The van der Waals surface area contributed by atoms with Gasteiger partial charge in [-0.05, 0) is 87.5 Å². The van der Waals surface area contributed by atoms with E-state index in [9.17, 15) is 8.42 Å². The third kappa shape index (κ3) is 3.95. The summed E-state index contributed by atoms with van der Waals surface area (Å²) in [7, 11) is -3.42. The molecular formula is C26H35N3O3S. The van der Waals surface area contributed by atoms with Crippen molar-refractivity contribution in [2.45, 2.75) is 87.8 Å². The van der Waals surface area contributed by atoms with Crippen molar-refractivity contribution in [3.8, 4) is 0 Å². The molecule has 7 rings (SSSR count). The average Bonchev–Trinajstić information content (AvgIpc) is 3.28. The highest BCUT2D eigenvalue weighted by atomic mass is 32.2. The van der Waals surface area contributed by atoms with Crippen LogP contribution in [0.3, 0.4) is 0 Å². The van der Waals surface area contributed by atoms with E-state index in [-0.39, 0.29) is 6.04 Å². The van der Waals surface area contributed by atoms with Crippen LogP contribution in [0.2, 0.25) is 0 Å². The smallest absolute Gasteiger partial charge is 0.245 e. The first-order chi connectivity index (χ1) is 16.0. The SMILES string of the molecule is O=S(=O)(N1CCCC[C@H]1c1nc(CCCc2ccccc2)no1)C12CC3CC(CC(C3)C1)C2. The number of aromatic nitrogens is 2. The van der Waals surface area contributed by atoms with Gasteiger partial charge < -0.3 is 4.52 Å². The molecule has 1 aromatic carbocycles. The molecule has 1 aromatic heterocycles. The standard InChI is InChI=1S/C26H35N3O3S/c30-33(31,26-16-20-13-21(17-26)15-22(14-20)18-26)29-12-5-4-10-23(29)25-27-24(28-32-25)11-6-9-19-7-2-1-3-8-19/h1-3,7-8,20-23H,4-6,9-18H2/t20?,21?,22?,23-,26?/m0/s1. The van der Waals surface area contributed by atoms with Crippen molar-refractivity contribution >= 4 is 10.0 Å². The van der Waals surface area contributed by atoms with Gasteiger partial charge in [-0.25, -0.2) is 8.42 Å². The van der Waals surface area contributed by atoms with Gasteiger partial charge in [0.15, 0.2) is 5.82 Å². The normalized spacial score (nSPS) is 34.1. The van der Waals surface area contributed by atoms with Crippen LogP contribution >= 0.6 is 0 Å². The molecule has 0 N–H and O–H groups in total. The summed E-state index contributed by atoms with van der Waals surface area (Å²) in [6.45, 7) is 0.584. The highest BCUT2D eigenvalue weighted by Gasteiger charge is 2.60. The van der Waals surface area contributed by atoms with E-state index in [0.29, 0.717) is 36.0 Å². The van der Waals surface area contributed by atoms with Crippen molar-refractivity contribution in [1.29, 1.82) is 0 Å². The summed E-state index contributed by atoms with van der Waals surface area (Å²) in [6, 6.07) is 10.1. The molecule has 0 radical (unpaired) electrons. The van der Waals surface area contributed by atoms with E-state index in [2.05, 4.69) is 29.4 Å². The minimum absolute atomic E-state index is 0.299. The number of hydrogen-bond acceptors (Lipinski definition) is 5. The Morgan fingerprint density at radius 2 is 1.67 bits per heavy atom. The lowest BCUT2D eigenvalue weighted by Crippen LogP contribution is -2.59. The lowest BCUT2D eigenvalue weighted by Gasteiger charge is -2.57. The van der Waals surface area contributed by atoms with Crippen LogP contribution in [-0.4, -0.2) is 34.2 Å². The number of benzene rings is 1. The van der Waals surface area contributed by atoms with E-state index in [4.69, 9.17) is 9.51 Å². The van der Waals surface area contributed by atoms with Crippen molar-refractivity contribution in [2.75, 3.05) is 6.54 Å². The second-order valence-electron chi connectivity index (χ2n) is 11.1. The second-order valence-corrected chi connectivity index (χ2v) is 13.4. The van der Waals surface area contributed by atoms with E-state index >= 15 is 0 Å². The molecule has 0 spiro atoms. The third-order valence-corrected chi connectivity index (χ3v) is 11.4. The van der Waals surface area contributed by atoms with Gasteiger partial charge >= 0.3 is 0 Å². The molecule has 7 heteroatoms. The fraction of sp³-hybridized carbons (Fsp3) is 0.692. The Balaban J connectivity index is 1.19. The Kier molecular flexibility index (Phi) is 5.60. The molecule has 178 valence electrons. The first kappa shape index (κ1) is 21.8. The predicted molar refractivity (Wildman–Crippen MR) is 126 cm³/mol. The van der Waals surface area contributed by atoms with Crippen LogP contribution in [0, 0.1) is 17.8 Å². The zero-order chi connectivity index (χ0) is 22.5. The maximum absolute atomic E-state index is 14.2. The first-order valence-corrected chi connectivity index (χ1v) is 14.3. The van der Waals surface area contributed by atoms with Crippen molar-refractivity contribution in [3.63, 3.8) is 0 Å². The number of piperidine rings is 1. The van der Waals surface area contributed by atoms with E-state index in [0.717, 1.165) is 57.8 Å². The zero-order valence-electron chi connectivity index (χ0n) is 19.4. The van der Waals surface area contributed by atoms with Gasteiger partial charge in [-0.1, -0.05) is 41.9 Å². The summed E-state index contributed by atoms with van der Waals surface area (Å²) in [5.74, 6) is 3.01. The molecule has 1 aliphatic heterocycles. The van der Waals surface area contributed by atoms with Gasteiger partial charge in [-0.2, -0.15) is 9.29 Å². The van der Waals surface area contributed by atoms with Gasteiger partial charge in [0, 0.05) is 13.0 Å². The number of nitrogens with zero attached hydrogens (tertiary/aromatic N) is 3. The molecule has 2 aromatic rings. The zero-order valence-corrected chi connectivity index (χ0v) is 20.2. The molecule has 4 saturated carbocycles.